The summed E-state index contributed by atoms with van der Waals surface area (Å²) >= 11 is 0. The summed E-state index contributed by atoms with van der Waals surface area (Å²) in [4.78, 5) is 0. The summed E-state index contributed by atoms with van der Waals surface area (Å²) in [7, 11) is 0. The van der Waals surface area contributed by atoms with Gasteiger partial charge in [-0.25, -0.2) is 0 Å². The van der Waals surface area contributed by atoms with E-state index in [1.54, 1.807) is 6.20 Å². The van der Waals surface area contributed by atoms with Gasteiger partial charge in [0.2, 0.25) is 6.20 Å². The molecule has 2 heteroatoms. The first-order valence-corrected chi connectivity index (χ1v) is 3.51. The molecule has 1 aromatic carbocycles. The van der Waals surface area contributed by atoms with Gasteiger partial charge in [0.1, 0.15) is 5.52 Å². The standard InChI is InChI=1S/C9H8N2/c1-2-11-7-8-5-3-4-6-9(8)10-11/h2-7H,1H2/p+1. The number of hydrogen-bond donors (Lipinski definition) is 1. The van der Waals surface area contributed by atoms with Crippen LogP contribution in [0.5, 0.6) is 0 Å². The van der Waals surface area contributed by atoms with Crippen molar-refractivity contribution in [3.63, 3.8) is 0 Å². The average molecular weight is 145 g/mol. The van der Waals surface area contributed by atoms with Crippen molar-refractivity contribution in [2.45, 2.75) is 0 Å². The molecule has 0 bridgehead atoms. The SMILES string of the molecule is C=C[n+]1cc2ccccc2[nH]1. The number of aromatic amines is 1. The fourth-order valence-electron chi connectivity index (χ4n) is 1.13. The molecule has 2 nitrogen and oxygen atoms in total. The Kier molecular flexibility index (Phi) is 1.25. The van der Waals surface area contributed by atoms with E-state index in [9.17, 15) is 0 Å². The third-order valence-electron chi connectivity index (χ3n) is 1.69. The Bertz CT molecular complexity index is 354. The first-order chi connectivity index (χ1) is 5.40. The fourth-order valence-corrected chi connectivity index (χ4v) is 1.13. The van der Waals surface area contributed by atoms with E-state index in [-0.39, 0.29) is 0 Å². The van der Waals surface area contributed by atoms with Gasteiger partial charge in [-0.3, -0.25) is 0 Å². The average Bonchev–Trinajstić information content (AvgIpc) is 2.46. The van der Waals surface area contributed by atoms with E-state index >= 15 is 0 Å². The second-order valence-corrected chi connectivity index (χ2v) is 2.42. The molecule has 2 aromatic rings. The van der Waals surface area contributed by atoms with Gasteiger partial charge in [0.05, 0.1) is 5.39 Å². The third-order valence-corrected chi connectivity index (χ3v) is 1.69. The maximum atomic E-state index is 3.66. The van der Waals surface area contributed by atoms with Crippen LogP contribution < -0.4 is 4.68 Å². The van der Waals surface area contributed by atoms with Crippen molar-refractivity contribution in [2.75, 3.05) is 0 Å². The molecular formula is C9H9N2+. The van der Waals surface area contributed by atoms with Crippen LogP contribution in [0.25, 0.3) is 17.1 Å². The van der Waals surface area contributed by atoms with Gasteiger partial charge < -0.3 is 0 Å². The topological polar surface area (TPSA) is 19.7 Å². The summed E-state index contributed by atoms with van der Waals surface area (Å²) < 4.78 is 1.84. The van der Waals surface area contributed by atoms with Crippen LogP contribution in [0.3, 0.4) is 0 Å². The lowest BCUT2D eigenvalue weighted by molar-refractivity contribution is -0.626. The Morgan fingerprint density at radius 1 is 1.36 bits per heavy atom. The molecule has 0 aliphatic carbocycles. The molecule has 2 rings (SSSR count). The van der Waals surface area contributed by atoms with Gasteiger partial charge in [-0.15, -0.1) is 0 Å². The summed E-state index contributed by atoms with van der Waals surface area (Å²) in [6.07, 6.45) is 3.74. The first-order valence-electron chi connectivity index (χ1n) is 3.51. The Morgan fingerprint density at radius 2 is 2.18 bits per heavy atom. The van der Waals surface area contributed by atoms with E-state index in [2.05, 4.69) is 17.7 Å². The molecule has 0 saturated carbocycles. The summed E-state index contributed by atoms with van der Waals surface area (Å²) in [6.45, 7) is 3.66. The van der Waals surface area contributed by atoms with Gasteiger partial charge in [-0.2, -0.15) is 5.10 Å². The van der Waals surface area contributed by atoms with Crippen molar-refractivity contribution in [2.24, 2.45) is 0 Å². The van der Waals surface area contributed by atoms with Gasteiger partial charge >= 0.3 is 0 Å². The highest BCUT2D eigenvalue weighted by molar-refractivity contribution is 5.76. The summed E-state index contributed by atoms with van der Waals surface area (Å²) in [5.74, 6) is 0. The van der Waals surface area contributed by atoms with Gasteiger partial charge in [0, 0.05) is 0 Å². The zero-order chi connectivity index (χ0) is 7.68. The smallest absolute Gasteiger partial charge is 0.160 e. The number of rotatable bonds is 1. The minimum absolute atomic E-state index is 1.13. The molecule has 0 spiro atoms. The van der Waals surface area contributed by atoms with E-state index < -0.39 is 0 Å². The largest absolute Gasteiger partial charge is 0.209 e. The van der Waals surface area contributed by atoms with E-state index in [0.717, 1.165) is 5.52 Å². The number of para-hydroxylation sites is 1. The molecule has 0 aliphatic heterocycles. The van der Waals surface area contributed by atoms with E-state index in [0.29, 0.717) is 0 Å². The van der Waals surface area contributed by atoms with Crippen molar-refractivity contribution >= 4 is 17.1 Å². The van der Waals surface area contributed by atoms with Crippen LogP contribution in [0.2, 0.25) is 0 Å². The van der Waals surface area contributed by atoms with E-state index in [1.165, 1.54) is 5.39 Å². The number of hydrogen-bond acceptors (Lipinski definition) is 0. The molecule has 11 heavy (non-hydrogen) atoms. The van der Waals surface area contributed by atoms with Crippen LogP contribution in [-0.2, 0) is 0 Å². The maximum Gasteiger partial charge on any atom is 0.209 e. The zero-order valence-corrected chi connectivity index (χ0v) is 6.12. The second-order valence-electron chi connectivity index (χ2n) is 2.42. The van der Waals surface area contributed by atoms with Crippen molar-refractivity contribution in [3.8, 4) is 0 Å². The monoisotopic (exact) mass is 145 g/mol. The van der Waals surface area contributed by atoms with Crippen LogP contribution in [0, 0.1) is 0 Å². The van der Waals surface area contributed by atoms with Gasteiger partial charge in [-0.05, 0) is 18.7 Å². The lowest BCUT2D eigenvalue weighted by Crippen LogP contribution is -2.25. The fraction of sp³-hybridized carbons (Fsp3) is 0. The summed E-state index contributed by atoms with van der Waals surface area (Å²) in [5.41, 5.74) is 1.13. The quantitative estimate of drug-likeness (QED) is 0.587. The molecule has 0 atom stereocenters. The molecule has 0 unspecified atom stereocenters. The van der Waals surface area contributed by atoms with E-state index in [1.807, 2.05) is 29.1 Å². The predicted octanol–water partition coefficient (Wildman–Crippen LogP) is 1.56. The predicted molar refractivity (Wildman–Crippen MR) is 44.9 cm³/mol. The Labute approximate surface area is 64.8 Å². The second kappa shape index (κ2) is 2.23. The van der Waals surface area contributed by atoms with Crippen molar-refractivity contribution in [1.29, 1.82) is 0 Å². The minimum atomic E-state index is 1.13. The maximum absolute atomic E-state index is 3.66. The summed E-state index contributed by atoms with van der Waals surface area (Å²) in [5, 5.41) is 4.35. The first kappa shape index (κ1) is 6.16. The minimum Gasteiger partial charge on any atom is -0.160 e. The number of benzene rings is 1. The lowest BCUT2D eigenvalue weighted by Gasteiger charge is -1.78. The third kappa shape index (κ3) is 0.923. The van der Waals surface area contributed by atoms with Gasteiger partial charge in [0.15, 0.2) is 6.20 Å². The molecule has 0 aliphatic rings. The molecule has 0 fully saturated rings. The zero-order valence-electron chi connectivity index (χ0n) is 6.12. The summed E-state index contributed by atoms with van der Waals surface area (Å²) in [6, 6.07) is 8.12. The highest BCUT2D eigenvalue weighted by atomic mass is 15.3. The van der Waals surface area contributed by atoms with Crippen LogP contribution in [0.1, 0.15) is 0 Å². The van der Waals surface area contributed by atoms with Gasteiger partial charge in [-0.1, -0.05) is 16.8 Å². The van der Waals surface area contributed by atoms with Crippen LogP contribution >= 0.6 is 0 Å². The normalized spacial score (nSPS) is 10.2. The number of nitrogens with one attached hydrogen (secondary N) is 1. The highest BCUT2D eigenvalue weighted by Gasteiger charge is 2.00. The Balaban J connectivity index is 2.78. The molecule has 54 valence electrons. The van der Waals surface area contributed by atoms with Crippen LogP contribution in [0.4, 0.5) is 0 Å². The molecular weight excluding hydrogens is 136 g/mol. The number of nitrogens with zero attached hydrogens (tertiary/aromatic N) is 1. The molecule has 0 radical (unpaired) electrons. The molecule has 0 amide bonds. The highest BCUT2D eigenvalue weighted by Crippen LogP contribution is 2.06. The van der Waals surface area contributed by atoms with Crippen LogP contribution in [0.15, 0.2) is 37.0 Å². The van der Waals surface area contributed by atoms with Crippen molar-refractivity contribution < 1.29 is 4.68 Å². The lowest BCUT2D eigenvalue weighted by atomic mass is 10.3. The number of aromatic nitrogens is 2. The molecule has 1 aromatic heterocycles. The Morgan fingerprint density at radius 3 is 2.91 bits per heavy atom. The van der Waals surface area contributed by atoms with Crippen molar-refractivity contribution in [3.05, 3.63) is 37.0 Å². The number of H-pyrrole nitrogens is 1. The van der Waals surface area contributed by atoms with Crippen LogP contribution in [-0.4, -0.2) is 5.10 Å². The van der Waals surface area contributed by atoms with E-state index in [4.69, 9.17) is 0 Å². The molecule has 0 saturated heterocycles. The van der Waals surface area contributed by atoms with Gasteiger partial charge in [0.25, 0.3) is 0 Å². The Hall–Kier alpha value is -1.57. The van der Waals surface area contributed by atoms with Crippen molar-refractivity contribution in [1.82, 2.24) is 5.10 Å². The molecule has 1 N–H and O–H groups in total. The molecule has 1 heterocycles. The number of fused-ring (bicyclic) bond motifs is 1.